The first kappa shape index (κ1) is 36.3. The number of rotatable bonds is 3. The Balaban J connectivity index is -0.000000420. The number of sulfonamides is 2. The average molecular weight is 550 g/mol. The van der Waals surface area contributed by atoms with E-state index in [1.165, 1.54) is 38.9 Å². The van der Waals surface area contributed by atoms with Gasteiger partial charge in [-0.1, -0.05) is 17.5 Å². The summed E-state index contributed by atoms with van der Waals surface area (Å²) in [6.07, 6.45) is 4.30. The molecule has 190 valence electrons. The van der Waals surface area contributed by atoms with Gasteiger partial charge in [0.05, 0.1) is 0 Å². The van der Waals surface area contributed by atoms with Crippen LogP contribution in [0.3, 0.4) is 0 Å². The van der Waals surface area contributed by atoms with Gasteiger partial charge in [0.15, 0.2) is 10.1 Å². The number of alkyl halides is 9. The fourth-order valence-electron chi connectivity index (χ4n) is 1.51. The predicted octanol–water partition coefficient (Wildman–Crippen LogP) is -1.18. The molecular weight excluding hydrogens is 534 g/mol. The molecule has 0 aromatic carbocycles. The summed E-state index contributed by atoms with van der Waals surface area (Å²) >= 11 is 0. The van der Waals surface area contributed by atoms with Crippen LogP contribution in [0.15, 0.2) is 0 Å². The van der Waals surface area contributed by atoms with Crippen LogP contribution in [0.5, 0.6) is 0 Å². The number of hydrogen-bond acceptors (Lipinski definition) is 8. The monoisotopic (exact) mass is 550 g/mol. The van der Waals surface area contributed by atoms with Crippen molar-refractivity contribution in [3.63, 3.8) is 0 Å². The number of nitrogens with one attached hydrogen (secondary N) is 1. The molecule has 22 heteroatoms. The van der Waals surface area contributed by atoms with Gasteiger partial charge in [-0.15, -0.1) is 0 Å². The molecule has 9 nitrogen and oxygen atoms in total. The second-order valence-electron chi connectivity index (χ2n) is 5.38. The molecule has 0 radical (unpaired) electrons. The summed E-state index contributed by atoms with van der Waals surface area (Å²) in [7, 11) is -19.3. The molecule has 0 atom stereocenters. The fraction of sp³-hybridized carbons (Fsp3) is 1.00. The summed E-state index contributed by atoms with van der Waals surface area (Å²) in [6.45, 7) is 6.18. The summed E-state index contributed by atoms with van der Waals surface area (Å²) < 4.78 is 167. The Morgan fingerprint density at radius 1 is 0.719 bits per heavy atom. The van der Waals surface area contributed by atoms with Gasteiger partial charge in [0.1, 0.15) is 0 Å². The largest absolute Gasteiger partial charge is 1.00 e. The minimum atomic E-state index is -6.60. The van der Waals surface area contributed by atoms with Gasteiger partial charge < -0.3 is 9.45 Å². The number of nitrogens with zero attached hydrogens (tertiary/aromatic N) is 1. The van der Waals surface area contributed by atoms with Crippen molar-refractivity contribution >= 4 is 30.2 Å². The maximum Gasteiger partial charge on any atom is 1.00 e. The van der Waals surface area contributed by atoms with E-state index >= 15 is 0 Å². The third-order valence-corrected chi connectivity index (χ3v) is 6.55. The van der Waals surface area contributed by atoms with E-state index in [4.69, 9.17) is 13.0 Å². The zero-order chi connectivity index (χ0) is 25.5. The first-order valence-electron chi connectivity index (χ1n) is 7.54. The minimum Gasteiger partial charge on any atom is -0.741 e. The third kappa shape index (κ3) is 13.4. The van der Waals surface area contributed by atoms with Crippen molar-refractivity contribution in [3.05, 3.63) is 0 Å². The van der Waals surface area contributed by atoms with Crippen molar-refractivity contribution in [2.75, 3.05) is 19.6 Å². The Bertz CT molecular complexity index is 821. The van der Waals surface area contributed by atoms with Crippen molar-refractivity contribution < 1.29 is 88.2 Å². The molecule has 0 aromatic rings. The van der Waals surface area contributed by atoms with Crippen molar-refractivity contribution in [2.24, 2.45) is 0 Å². The number of halogens is 9. The maximum absolute atomic E-state index is 11.5. The Morgan fingerprint density at radius 2 is 1.00 bits per heavy atom. The van der Waals surface area contributed by atoms with Crippen molar-refractivity contribution in [3.8, 4) is 0 Å². The van der Waals surface area contributed by atoms with Gasteiger partial charge in [-0.25, -0.2) is 25.3 Å². The first-order chi connectivity index (χ1) is 13.4. The Kier molecular flexibility index (Phi) is 14.7. The second-order valence-corrected chi connectivity index (χ2v) is 10.4. The van der Waals surface area contributed by atoms with Gasteiger partial charge in [0, 0.05) is 0 Å². The van der Waals surface area contributed by atoms with Crippen LogP contribution < -0.4 is 23.0 Å². The SMILES string of the molecule is CCN1CCCCC1.O=S(=O)(NS(=O)(=O)C(F)(F)F)C(F)(F)F.O=S(=O)([O-])C(F)(F)F.[Li+]. The zero-order valence-corrected chi connectivity index (χ0v) is 18.6. The van der Waals surface area contributed by atoms with Gasteiger partial charge >= 0.3 is 55.4 Å². The van der Waals surface area contributed by atoms with Crippen LogP contribution in [0.25, 0.3) is 0 Å². The maximum atomic E-state index is 11.5. The van der Waals surface area contributed by atoms with Crippen LogP contribution in [0.2, 0.25) is 0 Å². The van der Waals surface area contributed by atoms with Crippen LogP contribution in [-0.2, 0) is 30.2 Å². The molecule has 0 spiro atoms. The molecule has 1 fully saturated rings. The van der Waals surface area contributed by atoms with Crippen molar-refractivity contribution in [1.29, 1.82) is 0 Å². The summed E-state index contributed by atoms with van der Waals surface area (Å²) in [6, 6.07) is 0. The molecule has 0 aromatic heterocycles. The van der Waals surface area contributed by atoms with E-state index in [1.54, 1.807) is 0 Å². The van der Waals surface area contributed by atoms with Crippen LogP contribution in [-0.4, -0.2) is 70.9 Å². The van der Waals surface area contributed by atoms with Gasteiger partial charge in [-0.05, 0) is 32.5 Å². The minimum absolute atomic E-state index is 0. The molecule has 0 unspecified atom stereocenters. The second kappa shape index (κ2) is 13.0. The summed E-state index contributed by atoms with van der Waals surface area (Å²) in [4.78, 5) is 2.52. The molecule has 0 bridgehead atoms. The van der Waals surface area contributed by atoms with Crippen LogP contribution >= 0.6 is 0 Å². The van der Waals surface area contributed by atoms with E-state index in [0.29, 0.717) is 0 Å². The normalized spacial score (nSPS) is 16.6. The molecule has 1 saturated heterocycles. The Labute approximate surface area is 189 Å². The summed E-state index contributed by atoms with van der Waals surface area (Å²) in [5, 5.41) is 0. The predicted molar refractivity (Wildman–Crippen MR) is 84.8 cm³/mol. The standard InChI is InChI=1S/C7H15N.C2HF6NO4S2.CHF3O3S.Li/c1-2-8-6-4-3-5-7-8;3-1(4,5)14(10,11)9-15(12,13)2(6,7)8;2-1(3,4)8(5,6)7;/h2-7H2,1H3;9H;(H,5,6,7);/q;;;+1/p-1. The molecule has 0 saturated carbocycles. The number of likely N-dealkylation sites (tertiary alicyclic amines) is 1. The summed E-state index contributed by atoms with van der Waals surface area (Å²) in [5.41, 5.74) is -17.9. The Morgan fingerprint density at radius 3 is 1.16 bits per heavy atom. The van der Waals surface area contributed by atoms with Gasteiger partial charge in [-0.3, -0.25) is 0 Å². The molecular formula is C10H16F9LiN2O7S3. The van der Waals surface area contributed by atoms with E-state index in [1.807, 2.05) is 0 Å². The fourth-order valence-corrected chi connectivity index (χ4v) is 3.43. The topological polar surface area (TPSA) is 141 Å². The van der Waals surface area contributed by atoms with E-state index < -0.39 is 50.8 Å². The van der Waals surface area contributed by atoms with E-state index in [2.05, 4.69) is 11.8 Å². The molecule has 1 aliphatic rings. The average Bonchev–Trinajstić information content (AvgIpc) is 2.52. The molecule has 32 heavy (non-hydrogen) atoms. The smallest absolute Gasteiger partial charge is 0.741 e. The summed E-state index contributed by atoms with van der Waals surface area (Å²) in [5.74, 6) is 0. The molecule has 1 heterocycles. The Hall–Kier alpha value is -0.303. The molecule has 0 aliphatic carbocycles. The quantitative estimate of drug-likeness (QED) is 0.201. The van der Waals surface area contributed by atoms with Crippen LogP contribution in [0.4, 0.5) is 39.5 Å². The van der Waals surface area contributed by atoms with Crippen LogP contribution in [0, 0.1) is 0 Å². The van der Waals surface area contributed by atoms with Crippen molar-refractivity contribution in [2.45, 2.75) is 42.7 Å². The van der Waals surface area contributed by atoms with E-state index in [0.717, 1.165) is 0 Å². The molecule has 1 aliphatic heterocycles. The molecule has 1 N–H and O–H groups in total. The van der Waals surface area contributed by atoms with E-state index in [-0.39, 0.29) is 18.9 Å². The molecule has 1 rings (SSSR count). The van der Waals surface area contributed by atoms with Crippen LogP contribution in [0.1, 0.15) is 26.2 Å². The van der Waals surface area contributed by atoms with Gasteiger partial charge in [0.2, 0.25) is 0 Å². The first-order valence-corrected chi connectivity index (χ1v) is 11.9. The number of piperidine rings is 1. The van der Waals surface area contributed by atoms with Gasteiger partial charge in [-0.2, -0.15) is 39.5 Å². The molecule has 0 amide bonds. The third-order valence-electron chi connectivity index (χ3n) is 3.01. The van der Waals surface area contributed by atoms with Crippen molar-refractivity contribution in [1.82, 2.24) is 9.03 Å². The van der Waals surface area contributed by atoms with E-state index in [9.17, 15) is 56.3 Å². The van der Waals surface area contributed by atoms with Gasteiger partial charge in [0.25, 0.3) is 0 Å². The number of hydrogen-bond donors (Lipinski definition) is 1. The zero-order valence-electron chi connectivity index (χ0n) is 16.2.